The summed E-state index contributed by atoms with van der Waals surface area (Å²) in [4.78, 5) is 0. The maximum Gasteiger partial charge on any atom is 0.142 e. The zero-order chi connectivity index (χ0) is 14.4. The van der Waals surface area contributed by atoms with E-state index in [1.807, 2.05) is 6.07 Å². The van der Waals surface area contributed by atoms with Crippen molar-refractivity contribution >= 4 is 23.2 Å². The van der Waals surface area contributed by atoms with Crippen LogP contribution in [0.3, 0.4) is 0 Å². The van der Waals surface area contributed by atoms with Crippen molar-refractivity contribution < 1.29 is 4.74 Å². The summed E-state index contributed by atoms with van der Waals surface area (Å²) in [6.45, 7) is 1.69. The summed E-state index contributed by atoms with van der Waals surface area (Å²) in [5.41, 5.74) is 2.59. The smallest absolute Gasteiger partial charge is 0.142 e. The number of hydrogen-bond donors (Lipinski definition) is 1. The Kier molecular flexibility index (Phi) is 6.21. The molecule has 2 nitrogen and oxygen atoms in total. The van der Waals surface area contributed by atoms with Crippen molar-refractivity contribution in [2.24, 2.45) is 0 Å². The van der Waals surface area contributed by atoms with Crippen LogP contribution in [0.1, 0.15) is 37.7 Å². The minimum absolute atomic E-state index is 0.562. The Morgan fingerprint density at radius 2 is 2.10 bits per heavy atom. The lowest BCUT2D eigenvalue weighted by Crippen LogP contribution is -2.16. The zero-order valence-corrected chi connectivity index (χ0v) is 13.4. The number of nitrogens with one attached hydrogen (secondary N) is 1. The molecule has 0 bridgehead atoms. The van der Waals surface area contributed by atoms with Gasteiger partial charge in [0.05, 0.1) is 12.1 Å². The Balaban J connectivity index is 1.86. The largest absolute Gasteiger partial charge is 0.495 e. The van der Waals surface area contributed by atoms with Gasteiger partial charge in [0.2, 0.25) is 0 Å². The molecule has 1 aliphatic carbocycles. The summed E-state index contributed by atoms with van der Waals surface area (Å²) in [5.74, 6) is 0.709. The number of ether oxygens (including phenoxy) is 1. The van der Waals surface area contributed by atoms with Crippen LogP contribution in [0.2, 0.25) is 10.0 Å². The van der Waals surface area contributed by atoms with Crippen LogP contribution in [0.25, 0.3) is 0 Å². The first-order chi connectivity index (χ1) is 9.70. The summed E-state index contributed by atoms with van der Waals surface area (Å²) in [5, 5.41) is 4.64. The van der Waals surface area contributed by atoms with Crippen molar-refractivity contribution in [1.29, 1.82) is 0 Å². The summed E-state index contributed by atoms with van der Waals surface area (Å²) >= 11 is 12.2. The van der Waals surface area contributed by atoms with Crippen molar-refractivity contribution in [3.63, 3.8) is 0 Å². The van der Waals surface area contributed by atoms with E-state index >= 15 is 0 Å². The fraction of sp³-hybridized carbons (Fsp3) is 0.500. The molecule has 4 heteroatoms. The van der Waals surface area contributed by atoms with Crippen molar-refractivity contribution in [2.75, 3.05) is 13.7 Å². The van der Waals surface area contributed by atoms with E-state index < -0.39 is 0 Å². The van der Waals surface area contributed by atoms with E-state index in [9.17, 15) is 0 Å². The van der Waals surface area contributed by atoms with Crippen LogP contribution in [-0.4, -0.2) is 13.7 Å². The van der Waals surface area contributed by atoms with E-state index in [1.165, 1.54) is 25.7 Å². The molecule has 0 saturated heterocycles. The van der Waals surface area contributed by atoms with Gasteiger partial charge in [0.25, 0.3) is 0 Å². The SMILES string of the molecule is COc1c(Cl)cc(Cl)cc1CNCCC1=CCCCC1. The molecule has 2 rings (SSSR count). The predicted molar refractivity (Wildman–Crippen MR) is 85.9 cm³/mol. The van der Waals surface area contributed by atoms with Gasteiger partial charge in [-0.1, -0.05) is 34.9 Å². The van der Waals surface area contributed by atoms with Gasteiger partial charge in [-0.15, -0.1) is 0 Å². The van der Waals surface area contributed by atoms with Gasteiger partial charge >= 0.3 is 0 Å². The molecule has 110 valence electrons. The van der Waals surface area contributed by atoms with Crippen molar-refractivity contribution in [1.82, 2.24) is 5.32 Å². The second-order valence-corrected chi connectivity index (χ2v) is 5.96. The molecule has 1 N–H and O–H groups in total. The summed E-state index contributed by atoms with van der Waals surface area (Å²) < 4.78 is 5.34. The van der Waals surface area contributed by atoms with E-state index in [0.717, 1.165) is 25.1 Å². The van der Waals surface area contributed by atoms with Crippen molar-refractivity contribution in [3.8, 4) is 5.75 Å². The molecule has 1 aromatic rings. The summed E-state index contributed by atoms with van der Waals surface area (Å²) in [7, 11) is 1.63. The van der Waals surface area contributed by atoms with E-state index in [1.54, 1.807) is 18.7 Å². The lowest BCUT2D eigenvalue weighted by molar-refractivity contribution is 0.408. The van der Waals surface area contributed by atoms with Crippen LogP contribution in [0, 0.1) is 0 Å². The molecule has 0 amide bonds. The maximum atomic E-state index is 6.12. The van der Waals surface area contributed by atoms with Crippen LogP contribution < -0.4 is 10.1 Å². The average Bonchev–Trinajstić information content (AvgIpc) is 2.44. The first-order valence-electron chi connectivity index (χ1n) is 7.11. The van der Waals surface area contributed by atoms with Gasteiger partial charge in [0.1, 0.15) is 5.75 Å². The first kappa shape index (κ1) is 15.7. The van der Waals surface area contributed by atoms with Crippen molar-refractivity contribution in [2.45, 2.75) is 38.6 Å². The van der Waals surface area contributed by atoms with Gasteiger partial charge in [0, 0.05) is 17.1 Å². The second kappa shape index (κ2) is 7.92. The molecule has 0 fully saturated rings. The number of hydrogen-bond acceptors (Lipinski definition) is 2. The van der Waals surface area contributed by atoms with Crippen LogP contribution in [0.5, 0.6) is 5.75 Å². The molecule has 0 saturated carbocycles. The lowest BCUT2D eigenvalue weighted by Gasteiger charge is -2.14. The Morgan fingerprint density at radius 1 is 1.25 bits per heavy atom. The molecule has 1 aliphatic rings. The lowest BCUT2D eigenvalue weighted by atomic mass is 9.97. The number of allylic oxidation sites excluding steroid dienone is 1. The van der Waals surface area contributed by atoms with Gasteiger partial charge in [-0.2, -0.15) is 0 Å². The van der Waals surface area contributed by atoms with Crippen molar-refractivity contribution in [3.05, 3.63) is 39.4 Å². The summed E-state index contributed by atoms with van der Waals surface area (Å²) in [6, 6.07) is 3.61. The number of benzene rings is 1. The van der Waals surface area contributed by atoms with E-state index in [4.69, 9.17) is 27.9 Å². The molecule has 0 radical (unpaired) electrons. The highest BCUT2D eigenvalue weighted by molar-refractivity contribution is 6.35. The normalized spacial score (nSPS) is 15.1. The standard InChI is InChI=1S/C16H21Cl2NO/c1-20-16-13(9-14(17)10-15(16)18)11-19-8-7-12-5-3-2-4-6-12/h5,9-10,19H,2-4,6-8,11H2,1H3. The second-order valence-electron chi connectivity index (χ2n) is 5.11. The zero-order valence-electron chi connectivity index (χ0n) is 11.8. The number of halogens is 2. The van der Waals surface area contributed by atoms with Gasteiger partial charge in [-0.3, -0.25) is 0 Å². The van der Waals surface area contributed by atoms with Crippen LogP contribution in [-0.2, 0) is 6.54 Å². The minimum Gasteiger partial charge on any atom is -0.495 e. The highest BCUT2D eigenvalue weighted by atomic mass is 35.5. The van der Waals surface area contributed by atoms with Gasteiger partial charge in [0.15, 0.2) is 0 Å². The number of rotatable bonds is 6. The Morgan fingerprint density at radius 3 is 2.80 bits per heavy atom. The monoisotopic (exact) mass is 313 g/mol. The average molecular weight is 314 g/mol. The molecule has 0 spiro atoms. The minimum atomic E-state index is 0.562. The van der Waals surface area contributed by atoms with Gasteiger partial charge < -0.3 is 10.1 Å². The number of methoxy groups -OCH3 is 1. The third-order valence-corrected chi connectivity index (χ3v) is 4.11. The first-order valence-corrected chi connectivity index (χ1v) is 7.87. The molecular weight excluding hydrogens is 293 g/mol. The van der Waals surface area contributed by atoms with Crippen LogP contribution >= 0.6 is 23.2 Å². The molecule has 0 atom stereocenters. The molecule has 0 aliphatic heterocycles. The molecule has 0 aromatic heterocycles. The molecule has 0 heterocycles. The Hall–Kier alpha value is -0.700. The third-order valence-electron chi connectivity index (χ3n) is 3.61. The quantitative estimate of drug-likeness (QED) is 0.590. The third kappa shape index (κ3) is 4.41. The predicted octanol–water partition coefficient (Wildman–Crippen LogP) is 4.98. The van der Waals surface area contributed by atoms with Crippen LogP contribution in [0.4, 0.5) is 0 Å². The highest BCUT2D eigenvalue weighted by Gasteiger charge is 2.09. The molecular formula is C16H21Cl2NO. The van der Waals surface area contributed by atoms with E-state index in [2.05, 4.69) is 11.4 Å². The Bertz CT molecular complexity index is 486. The topological polar surface area (TPSA) is 21.3 Å². The molecule has 0 unspecified atom stereocenters. The van der Waals surface area contributed by atoms with Gasteiger partial charge in [-0.05, 0) is 50.8 Å². The highest BCUT2D eigenvalue weighted by Crippen LogP contribution is 2.32. The molecule has 1 aromatic carbocycles. The molecule has 20 heavy (non-hydrogen) atoms. The Labute approximate surface area is 131 Å². The maximum absolute atomic E-state index is 6.12. The van der Waals surface area contributed by atoms with E-state index in [0.29, 0.717) is 15.8 Å². The fourth-order valence-electron chi connectivity index (χ4n) is 2.58. The van der Waals surface area contributed by atoms with Crippen LogP contribution in [0.15, 0.2) is 23.8 Å². The van der Waals surface area contributed by atoms with E-state index in [-0.39, 0.29) is 0 Å². The fourth-order valence-corrected chi connectivity index (χ4v) is 3.19. The summed E-state index contributed by atoms with van der Waals surface area (Å²) in [6.07, 6.45) is 8.69. The van der Waals surface area contributed by atoms with Gasteiger partial charge in [-0.25, -0.2) is 0 Å².